The number of rotatable bonds is 5. The van der Waals surface area contributed by atoms with E-state index in [0.717, 1.165) is 37.2 Å². The molecule has 1 saturated heterocycles. The second kappa shape index (κ2) is 6.23. The summed E-state index contributed by atoms with van der Waals surface area (Å²) in [5.41, 5.74) is 1.65. The van der Waals surface area contributed by atoms with Crippen molar-refractivity contribution in [3.8, 4) is 0 Å². The molecule has 2 aromatic rings. The lowest BCUT2D eigenvalue weighted by atomic mass is 9.86. The summed E-state index contributed by atoms with van der Waals surface area (Å²) in [5.74, 6) is 1.10. The zero-order valence-corrected chi connectivity index (χ0v) is 15.8. The average Bonchev–Trinajstić information content (AvgIpc) is 3.36. The van der Waals surface area contributed by atoms with E-state index in [-0.39, 0.29) is 23.0 Å². The van der Waals surface area contributed by atoms with Crippen LogP contribution in [0.4, 0.5) is 5.69 Å². The van der Waals surface area contributed by atoms with Gasteiger partial charge in [-0.25, -0.2) is 4.98 Å². The number of hydrogen-bond donors (Lipinski definition) is 1. The molecule has 2 aliphatic rings. The second-order valence-electron chi connectivity index (χ2n) is 7.92. The summed E-state index contributed by atoms with van der Waals surface area (Å²) in [7, 11) is 0. The van der Waals surface area contributed by atoms with Crippen molar-refractivity contribution in [1.82, 2.24) is 9.55 Å². The fourth-order valence-electron chi connectivity index (χ4n) is 4.53. The summed E-state index contributed by atoms with van der Waals surface area (Å²) < 4.78 is 8.13. The first-order valence-corrected chi connectivity index (χ1v) is 9.52. The fraction of sp³-hybridized carbons (Fsp3) is 0.524. The van der Waals surface area contributed by atoms with Crippen molar-refractivity contribution in [1.29, 1.82) is 0 Å². The van der Waals surface area contributed by atoms with Crippen LogP contribution >= 0.6 is 0 Å². The van der Waals surface area contributed by atoms with Crippen LogP contribution < -0.4 is 5.32 Å². The summed E-state index contributed by atoms with van der Waals surface area (Å²) in [6, 6.07) is 8.35. The van der Waals surface area contributed by atoms with Crippen molar-refractivity contribution in [2.45, 2.75) is 58.1 Å². The van der Waals surface area contributed by atoms with Crippen LogP contribution in [0.25, 0.3) is 0 Å². The van der Waals surface area contributed by atoms with Gasteiger partial charge in [0.05, 0.1) is 23.7 Å². The molecule has 4 rings (SSSR count). The van der Waals surface area contributed by atoms with Crippen LogP contribution in [-0.4, -0.2) is 27.7 Å². The Kier molecular flexibility index (Phi) is 4.14. The summed E-state index contributed by atoms with van der Waals surface area (Å²) in [6.07, 6.45) is 7.59. The van der Waals surface area contributed by atoms with Crippen molar-refractivity contribution in [3.63, 3.8) is 0 Å². The minimum atomic E-state index is -0.337. The number of nitrogens with one attached hydrogen (secondary N) is 1. The van der Waals surface area contributed by atoms with Crippen molar-refractivity contribution >= 4 is 11.6 Å². The molecule has 3 atom stereocenters. The largest absolute Gasteiger partial charge is 0.374 e. The molecule has 26 heavy (non-hydrogen) atoms. The second-order valence-corrected chi connectivity index (χ2v) is 7.92. The van der Waals surface area contributed by atoms with Crippen LogP contribution in [0.3, 0.4) is 0 Å². The summed E-state index contributed by atoms with van der Waals surface area (Å²) in [6.45, 7) is 6.87. The molecule has 1 amide bonds. The minimum absolute atomic E-state index is 0.0563. The molecule has 1 aliphatic carbocycles. The van der Waals surface area contributed by atoms with E-state index < -0.39 is 0 Å². The van der Waals surface area contributed by atoms with Crippen molar-refractivity contribution in [2.75, 3.05) is 11.9 Å². The van der Waals surface area contributed by atoms with Gasteiger partial charge < -0.3 is 14.6 Å². The van der Waals surface area contributed by atoms with Crippen LogP contribution in [0.1, 0.15) is 57.0 Å². The van der Waals surface area contributed by atoms with Gasteiger partial charge in [-0.05, 0) is 57.2 Å². The van der Waals surface area contributed by atoms with Crippen molar-refractivity contribution in [2.24, 2.45) is 5.41 Å². The number of hydrogen-bond acceptors (Lipinski definition) is 3. The highest BCUT2D eigenvalue weighted by molar-refractivity contribution is 5.96. The Bertz CT molecular complexity index is 801. The lowest BCUT2D eigenvalue weighted by molar-refractivity contribution is -0.127. The molecule has 2 bridgehead atoms. The van der Waals surface area contributed by atoms with Crippen LogP contribution in [0.5, 0.6) is 0 Å². The molecule has 0 spiro atoms. The Hall–Kier alpha value is -2.14. The van der Waals surface area contributed by atoms with Crippen LogP contribution in [-0.2, 0) is 9.53 Å². The van der Waals surface area contributed by atoms with Gasteiger partial charge >= 0.3 is 0 Å². The Morgan fingerprint density at radius 2 is 2.12 bits per heavy atom. The third-order valence-electron chi connectivity index (χ3n) is 6.43. The number of ether oxygens (including phenoxy) is 1. The molecule has 1 aromatic carbocycles. The molecule has 1 aliphatic heterocycles. The molecule has 0 unspecified atom stereocenters. The third-order valence-corrected chi connectivity index (χ3v) is 6.43. The Morgan fingerprint density at radius 1 is 1.35 bits per heavy atom. The average molecular weight is 353 g/mol. The maximum absolute atomic E-state index is 12.9. The maximum Gasteiger partial charge on any atom is 0.233 e. The summed E-state index contributed by atoms with van der Waals surface area (Å²) in [4.78, 5) is 17.2. The van der Waals surface area contributed by atoms with Gasteiger partial charge in [0.2, 0.25) is 5.91 Å². The number of carbonyl (C=O) groups excluding carboxylic acids is 1. The molecular formula is C21H27N3O2. The molecule has 2 fully saturated rings. The van der Waals surface area contributed by atoms with Gasteiger partial charge in [0.25, 0.3) is 0 Å². The molecule has 2 heterocycles. The first kappa shape index (κ1) is 17.3. The number of aromatic nitrogens is 2. The molecular weight excluding hydrogens is 326 g/mol. The number of carbonyl (C=O) groups is 1. The SMILES string of the molecule is CC[C@]12CC[C@@](C(=O)Nc3ccc([C@@H](C)n4ccnc4C)cc3)(CO1)C2. The highest BCUT2D eigenvalue weighted by Crippen LogP contribution is 2.54. The van der Waals surface area contributed by atoms with Crippen molar-refractivity contribution < 1.29 is 9.53 Å². The van der Waals surface area contributed by atoms with E-state index in [0.29, 0.717) is 6.61 Å². The predicted octanol–water partition coefficient (Wildman–Crippen LogP) is 4.09. The quantitative estimate of drug-likeness (QED) is 0.881. The zero-order chi connectivity index (χ0) is 18.4. The molecule has 138 valence electrons. The predicted molar refractivity (Wildman–Crippen MR) is 101 cm³/mol. The highest BCUT2D eigenvalue weighted by Gasteiger charge is 2.58. The van der Waals surface area contributed by atoms with E-state index >= 15 is 0 Å². The van der Waals surface area contributed by atoms with Gasteiger partial charge in [-0.2, -0.15) is 0 Å². The summed E-state index contributed by atoms with van der Waals surface area (Å²) >= 11 is 0. The molecule has 1 saturated carbocycles. The minimum Gasteiger partial charge on any atom is -0.374 e. The van der Waals surface area contributed by atoms with Gasteiger partial charge in [-0.15, -0.1) is 0 Å². The number of aryl methyl sites for hydroxylation is 1. The summed E-state index contributed by atoms with van der Waals surface area (Å²) in [5, 5.41) is 3.12. The van der Waals surface area contributed by atoms with Crippen molar-refractivity contribution in [3.05, 3.63) is 48.0 Å². The molecule has 1 N–H and O–H groups in total. The van der Waals surface area contributed by atoms with E-state index in [2.05, 4.69) is 40.8 Å². The van der Waals surface area contributed by atoms with E-state index in [1.807, 2.05) is 31.5 Å². The van der Waals surface area contributed by atoms with E-state index in [4.69, 9.17) is 4.74 Å². The normalized spacial score (nSPS) is 28.3. The van der Waals surface area contributed by atoms with E-state index in [1.54, 1.807) is 0 Å². The highest BCUT2D eigenvalue weighted by atomic mass is 16.5. The number of amides is 1. The lowest BCUT2D eigenvalue weighted by Crippen LogP contribution is -2.35. The third kappa shape index (κ3) is 2.75. The first-order valence-electron chi connectivity index (χ1n) is 9.52. The Morgan fingerprint density at radius 3 is 2.65 bits per heavy atom. The van der Waals surface area contributed by atoms with Crippen LogP contribution in [0, 0.1) is 12.3 Å². The van der Waals surface area contributed by atoms with Gasteiger partial charge in [0.1, 0.15) is 5.82 Å². The van der Waals surface area contributed by atoms with E-state index in [9.17, 15) is 4.79 Å². The Balaban J connectivity index is 1.45. The Labute approximate surface area is 154 Å². The van der Waals surface area contributed by atoms with E-state index in [1.165, 1.54) is 5.56 Å². The molecule has 1 aromatic heterocycles. The maximum atomic E-state index is 12.9. The monoisotopic (exact) mass is 353 g/mol. The lowest BCUT2D eigenvalue weighted by Gasteiger charge is -2.27. The first-order chi connectivity index (χ1) is 12.5. The molecule has 5 nitrogen and oxygen atoms in total. The number of imidazole rings is 1. The zero-order valence-electron chi connectivity index (χ0n) is 15.8. The standard InChI is InChI=1S/C21H27N3O2/c1-4-21-10-9-20(13-21,14-26-21)19(25)23-18-7-5-17(6-8-18)15(2)24-12-11-22-16(24)3/h5-8,11-12,15H,4,9-10,13-14H2,1-3H3,(H,23,25)/t15-,20+,21-/m1/s1. The number of anilines is 1. The number of nitrogens with zero attached hydrogens (tertiary/aromatic N) is 2. The molecule has 5 heteroatoms. The van der Waals surface area contributed by atoms with Crippen LogP contribution in [0.15, 0.2) is 36.7 Å². The fourth-order valence-corrected chi connectivity index (χ4v) is 4.53. The smallest absolute Gasteiger partial charge is 0.233 e. The number of fused-ring (bicyclic) bond motifs is 2. The molecule has 0 radical (unpaired) electrons. The van der Waals surface area contributed by atoms with Gasteiger partial charge in [0.15, 0.2) is 0 Å². The van der Waals surface area contributed by atoms with Gasteiger partial charge in [-0.3, -0.25) is 4.79 Å². The number of benzene rings is 1. The van der Waals surface area contributed by atoms with Crippen LogP contribution in [0.2, 0.25) is 0 Å². The topological polar surface area (TPSA) is 56.2 Å². The van der Waals surface area contributed by atoms with Gasteiger partial charge in [-0.1, -0.05) is 19.1 Å². The van der Waals surface area contributed by atoms with Gasteiger partial charge in [0, 0.05) is 18.1 Å².